The smallest absolute Gasteiger partial charge is 0.339 e. The first-order chi connectivity index (χ1) is 14.1. The van der Waals surface area contributed by atoms with Crippen molar-refractivity contribution in [3.8, 4) is 0 Å². The van der Waals surface area contributed by atoms with Crippen molar-refractivity contribution in [3.63, 3.8) is 0 Å². The molecule has 0 aromatic heterocycles. The Morgan fingerprint density at radius 2 is 1.70 bits per heavy atom. The number of nitrogens with one attached hydrogen (secondary N) is 1. The maximum atomic E-state index is 12.6. The van der Waals surface area contributed by atoms with E-state index in [2.05, 4.69) is 30.7 Å². The van der Waals surface area contributed by atoms with E-state index < -0.39 is 34.4 Å². The predicted octanol–water partition coefficient (Wildman–Crippen LogP) is 2.43. The van der Waals surface area contributed by atoms with Crippen LogP contribution in [-0.4, -0.2) is 53.3 Å². The molecule has 30 heavy (non-hydrogen) atoms. The average molecular weight is 499 g/mol. The van der Waals surface area contributed by atoms with Crippen LogP contribution in [0.15, 0.2) is 46.9 Å². The number of hydrogen-bond donors (Lipinski definition) is 1. The van der Waals surface area contributed by atoms with E-state index >= 15 is 0 Å². The third-order valence-corrected chi connectivity index (χ3v) is 5.54. The fraction of sp³-hybridized carbons (Fsp3) is 0.211. The van der Waals surface area contributed by atoms with Gasteiger partial charge in [0.1, 0.15) is 6.54 Å². The lowest BCUT2D eigenvalue weighted by Gasteiger charge is -2.22. The van der Waals surface area contributed by atoms with Gasteiger partial charge in [-0.2, -0.15) is 0 Å². The van der Waals surface area contributed by atoms with Crippen LogP contribution in [-0.2, 0) is 24.3 Å². The van der Waals surface area contributed by atoms with Gasteiger partial charge in [-0.1, -0.05) is 22.0 Å². The van der Waals surface area contributed by atoms with Crippen molar-refractivity contribution in [1.29, 1.82) is 0 Å². The van der Waals surface area contributed by atoms with Crippen LogP contribution in [0.1, 0.15) is 20.7 Å². The highest BCUT2D eigenvalue weighted by atomic mass is 79.9. The van der Waals surface area contributed by atoms with E-state index in [1.165, 1.54) is 38.5 Å². The van der Waals surface area contributed by atoms with E-state index in [4.69, 9.17) is 0 Å². The van der Waals surface area contributed by atoms with Crippen LogP contribution in [0.25, 0.3) is 0 Å². The number of anilines is 2. The third-order valence-electron chi connectivity index (χ3n) is 3.90. The fourth-order valence-electron chi connectivity index (χ4n) is 2.53. The Balaban J connectivity index is 2.37. The maximum Gasteiger partial charge on any atom is 0.339 e. The van der Waals surface area contributed by atoms with Crippen LogP contribution in [0.3, 0.4) is 0 Å². The Morgan fingerprint density at radius 3 is 2.27 bits per heavy atom. The molecular formula is C19H19BrN2O7S. The Labute approximate surface area is 182 Å². The van der Waals surface area contributed by atoms with Crippen LogP contribution in [0, 0.1) is 0 Å². The van der Waals surface area contributed by atoms with Crippen LogP contribution >= 0.6 is 15.9 Å². The molecule has 9 nitrogen and oxygen atoms in total. The molecule has 0 bridgehead atoms. The minimum absolute atomic E-state index is 0.00753. The number of rotatable bonds is 7. The van der Waals surface area contributed by atoms with Crippen molar-refractivity contribution in [2.45, 2.75) is 0 Å². The normalized spacial score (nSPS) is 10.8. The number of ether oxygens (including phenoxy) is 2. The van der Waals surface area contributed by atoms with E-state index in [0.29, 0.717) is 4.47 Å². The molecule has 0 saturated carbocycles. The molecule has 0 aliphatic rings. The highest BCUT2D eigenvalue weighted by Crippen LogP contribution is 2.23. The topological polar surface area (TPSA) is 119 Å². The van der Waals surface area contributed by atoms with Crippen molar-refractivity contribution < 1.29 is 32.3 Å². The van der Waals surface area contributed by atoms with Gasteiger partial charge < -0.3 is 14.8 Å². The second kappa shape index (κ2) is 9.72. The first kappa shape index (κ1) is 23.4. The second-order valence-corrected chi connectivity index (χ2v) is 8.86. The maximum absolute atomic E-state index is 12.6. The number of halogens is 1. The minimum atomic E-state index is -3.79. The molecule has 2 aromatic carbocycles. The summed E-state index contributed by atoms with van der Waals surface area (Å²) in [5.41, 5.74) is 0.343. The molecule has 1 N–H and O–H groups in total. The van der Waals surface area contributed by atoms with Gasteiger partial charge in [-0.15, -0.1) is 0 Å². The molecule has 0 aliphatic heterocycles. The van der Waals surface area contributed by atoms with E-state index in [9.17, 15) is 22.8 Å². The van der Waals surface area contributed by atoms with Crippen molar-refractivity contribution >= 4 is 55.2 Å². The molecule has 160 valence electrons. The number of carbonyl (C=O) groups excluding carboxylic acids is 3. The summed E-state index contributed by atoms with van der Waals surface area (Å²) in [7, 11) is -1.43. The number of hydrogen-bond acceptors (Lipinski definition) is 7. The van der Waals surface area contributed by atoms with Gasteiger partial charge in [0.2, 0.25) is 15.9 Å². The van der Waals surface area contributed by atoms with E-state index in [-0.39, 0.29) is 22.5 Å². The minimum Gasteiger partial charge on any atom is -0.465 e. The Kier molecular flexibility index (Phi) is 7.57. The molecule has 0 atom stereocenters. The van der Waals surface area contributed by atoms with Gasteiger partial charge in [0.25, 0.3) is 0 Å². The van der Waals surface area contributed by atoms with Crippen LogP contribution in [0.2, 0.25) is 0 Å². The molecule has 0 aliphatic carbocycles. The first-order valence-corrected chi connectivity index (χ1v) is 11.0. The molecule has 2 aromatic rings. The third kappa shape index (κ3) is 5.80. The summed E-state index contributed by atoms with van der Waals surface area (Å²) in [5.74, 6) is -2.14. The number of esters is 2. The van der Waals surface area contributed by atoms with Gasteiger partial charge in [-0.25, -0.2) is 18.0 Å². The molecule has 0 radical (unpaired) electrons. The lowest BCUT2D eigenvalue weighted by atomic mass is 10.1. The quantitative estimate of drug-likeness (QED) is 0.582. The monoisotopic (exact) mass is 498 g/mol. The zero-order valence-corrected chi connectivity index (χ0v) is 18.7. The summed E-state index contributed by atoms with van der Waals surface area (Å²) in [6.45, 7) is -0.557. The standard InChI is InChI=1S/C19H19BrN2O7S/c1-28-18(24)12-7-8-15(19(25)29-2)16(9-12)21-17(23)11-22(30(3,26)27)14-6-4-5-13(20)10-14/h4-10H,11H2,1-3H3,(H,21,23). The molecule has 0 fully saturated rings. The molecule has 11 heteroatoms. The lowest BCUT2D eigenvalue weighted by molar-refractivity contribution is -0.114. The number of amides is 1. The van der Waals surface area contributed by atoms with Crippen molar-refractivity contribution in [2.75, 3.05) is 36.6 Å². The summed E-state index contributed by atoms with van der Waals surface area (Å²) >= 11 is 3.26. The zero-order valence-electron chi connectivity index (χ0n) is 16.3. The summed E-state index contributed by atoms with van der Waals surface area (Å²) < 4.78 is 35.3. The number of methoxy groups -OCH3 is 2. The van der Waals surface area contributed by atoms with Crippen molar-refractivity contribution in [1.82, 2.24) is 0 Å². The van der Waals surface area contributed by atoms with E-state index in [1.54, 1.807) is 18.2 Å². The first-order valence-electron chi connectivity index (χ1n) is 8.40. The Bertz CT molecular complexity index is 1090. The van der Waals surface area contributed by atoms with Crippen LogP contribution < -0.4 is 9.62 Å². The molecule has 0 heterocycles. The molecule has 0 spiro atoms. The van der Waals surface area contributed by atoms with Gasteiger partial charge in [-0.3, -0.25) is 9.10 Å². The molecule has 0 unspecified atom stereocenters. The summed E-state index contributed by atoms with van der Waals surface area (Å²) in [5, 5.41) is 2.47. The summed E-state index contributed by atoms with van der Waals surface area (Å²) in [6.07, 6.45) is 0.971. The van der Waals surface area contributed by atoms with Gasteiger partial charge in [0.15, 0.2) is 0 Å². The Hall–Kier alpha value is -2.92. The molecule has 2 rings (SSSR count). The highest BCUT2D eigenvalue weighted by Gasteiger charge is 2.23. The van der Waals surface area contributed by atoms with Gasteiger partial charge >= 0.3 is 11.9 Å². The zero-order chi connectivity index (χ0) is 22.5. The largest absolute Gasteiger partial charge is 0.465 e. The van der Waals surface area contributed by atoms with Crippen LogP contribution in [0.5, 0.6) is 0 Å². The number of nitrogens with zero attached hydrogens (tertiary/aromatic N) is 1. The van der Waals surface area contributed by atoms with Gasteiger partial charge in [0, 0.05) is 4.47 Å². The second-order valence-electron chi connectivity index (χ2n) is 6.04. The number of carbonyl (C=O) groups is 3. The van der Waals surface area contributed by atoms with Gasteiger partial charge in [0.05, 0.1) is 43.0 Å². The fourth-order valence-corrected chi connectivity index (χ4v) is 3.77. The van der Waals surface area contributed by atoms with E-state index in [0.717, 1.165) is 10.6 Å². The van der Waals surface area contributed by atoms with E-state index in [1.807, 2.05) is 0 Å². The highest BCUT2D eigenvalue weighted by molar-refractivity contribution is 9.10. The summed E-state index contributed by atoms with van der Waals surface area (Å²) in [6, 6.07) is 10.3. The molecule has 1 amide bonds. The molecule has 0 saturated heterocycles. The predicted molar refractivity (Wildman–Crippen MR) is 114 cm³/mol. The lowest BCUT2D eigenvalue weighted by Crippen LogP contribution is -2.37. The Morgan fingerprint density at radius 1 is 1.03 bits per heavy atom. The van der Waals surface area contributed by atoms with Crippen molar-refractivity contribution in [2.24, 2.45) is 0 Å². The number of sulfonamides is 1. The van der Waals surface area contributed by atoms with Gasteiger partial charge in [-0.05, 0) is 36.4 Å². The average Bonchev–Trinajstić information content (AvgIpc) is 2.69. The SMILES string of the molecule is COC(=O)c1ccc(C(=O)OC)c(NC(=O)CN(c2cccc(Br)c2)S(C)(=O)=O)c1. The number of benzene rings is 2. The van der Waals surface area contributed by atoms with Crippen LogP contribution in [0.4, 0.5) is 11.4 Å². The van der Waals surface area contributed by atoms with Crippen molar-refractivity contribution in [3.05, 3.63) is 58.1 Å². The molecular weight excluding hydrogens is 480 g/mol. The summed E-state index contributed by atoms with van der Waals surface area (Å²) in [4.78, 5) is 36.4.